The molecule has 0 heterocycles. The fourth-order valence-corrected chi connectivity index (χ4v) is 2.46. The number of hydrogen-bond donors (Lipinski definition) is 2. The van der Waals surface area contributed by atoms with Gasteiger partial charge in [-0.25, -0.2) is 13.9 Å². The van der Waals surface area contributed by atoms with Crippen LogP contribution in [0.25, 0.3) is 0 Å². The molecule has 0 aliphatic heterocycles. The molecule has 1 aromatic rings. The number of methoxy groups -OCH3 is 1. The van der Waals surface area contributed by atoms with Gasteiger partial charge in [0, 0.05) is 0 Å². The van der Waals surface area contributed by atoms with Crippen LogP contribution >= 0.6 is 0 Å². The number of sulfone groups is 1. The van der Waals surface area contributed by atoms with E-state index in [0.29, 0.717) is 5.75 Å². The van der Waals surface area contributed by atoms with Crippen LogP contribution in [-0.4, -0.2) is 31.9 Å². The lowest BCUT2D eigenvalue weighted by atomic mass is 10.3. The second-order valence-electron chi connectivity index (χ2n) is 3.34. The quantitative estimate of drug-likeness (QED) is 0.601. The minimum Gasteiger partial charge on any atom is -0.497 e. The predicted octanol–water partition coefficient (Wildman–Crippen LogP) is 0.363. The van der Waals surface area contributed by atoms with Crippen molar-refractivity contribution in [3.63, 3.8) is 0 Å². The number of benzene rings is 1. The Morgan fingerprint density at radius 2 is 1.88 bits per heavy atom. The highest BCUT2D eigenvalue weighted by molar-refractivity contribution is 7.92. The van der Waals surface area contributed by atoms with Gasteiger partial charge in [-0.1, -0.05) is 0 Å². The van der Waals surface area contributed by atoms with Crippen molar-refractivity contribution < 1.29 is 23.2 Å². The van der Waals surface area contributed by atoms with Crippen molar-refractivity contribution in [2.24, 2.45) is 0 Å². The second kappa shape index (κ2) is 5.15. The van der Waals surface area contributed by atoms with Crippen molar-refractivity contribution in [3.8, 4) is 5.75 Å². The third-order valence-electron chi connectivity index (χ3n) is 2.33. The summed E-state index contributed by atoms with van der Waals surface area (Å²) in [5.74, 6) is -0.455. The van der Waals surface area contributed by atoms with Gasteiger partial charge in [0.25, 0.3) is 5.91 Å². The number of carbonyl (C=O) groups is 1. The fraction of sp³-hybridized carbons (Fsp3) is 0.300. The van der Waals surface area contributed by atoms with Gasteiger partial charge in [-0.2, -0.15) is 0 Å². The van der Waals surface area contributed by atoms with Gasteiger partial charge in [-0.3, -0.25) is 10.0 Å². The molecule has 1 rings (SSSR count). The van der Waals surface area contributed by atoms with E-state index >= 15 is 0 Å². The first-order valence-electron chi connectivity index (χ1n) is 4.75. The van der Waals surface area contributed by atoms with Crippen molar-refractivity contribution >= 4 is 15.7 Å². The minimum absolute atomic E-state index is 0.00519. The summed E-state index contributed by atoms with van der Waals surface area (Å²) in [5, 5.41) is 7.05. The summed E-state index contributed by atoms with van der Waals surface area (Å²) >= 11 is 0. The van der Waals surface area contributed by atoms with Crippen LogP contribution in [0, 0.1) is 0 Å². The molecular weight excluding hydrogens is 246 g/mol. The summed E-state index contributed by atoms with van der Waals surface area (Å²) in [4.78, 5) is 11.1. The zero-order chi connectivity index (χ0) is 13.1. The maximum Gasteiger partial charge on any atom is 0.261 e. The molecule has 0 radical (unpaired) electrons. The summed E-state index contributed by atoms with van der Waals surface area (Å²) in [6, 6.07) is 5.65. The highest BCUT2D eigenvalue weighted by Gasteiger charge is 2.29. The number of hydrogen-bond acceptors (Lipinski definition) is 5. The number of rotatable bonds is 4. The lowest BCUT2D eigenvalue weighted by molar-refractivity contribution is -0.128. The van der Waals surface area contributed by atoms with Crippen molar-refractivity contribution in [1.82, 2.24) is 5.48 Å². The largest absolute Gasteiger partial charge is 0.497 e. The van der Waals surface area contributed by atoms with Gasteiger partial charge in [0.15, 0.2) is 9.84 Å². The summed E-state index contributed by atoms with van der Waals surface area (Å²) < 4.78 is 28.7. The molecule has 0 spiro atoms. The lowest BCUT2D eigenvalue weighted by Gasteiger charge is -2.11. The molecule has 1 amide bonds. The van der Waals surface area contributed by atoms with E-state index in [-0.39, 0.29) is 4.90 Å². The van der Waals surface area contributed by atoms with Gasteiger partial charge >= 0.3 is 0 Å². The van der Waals surface area contributed by atoms with E-state index < -0.39 is 21.0 Å². The SMILES string of the molecule is COc1ccc(S(=O)(=O)C(C)C(=O)NO)cc1. The maximum atomic E-state index is 11.9. The standard InChI is InChI=1S/C10H13NO5S/c1-7(10(12)11-13)17(14,15)9-5-3-8(16-2)4-6-9/h3-7,13H,1-2H3,(H,11,12). The smallest absolute Gasteiger partial charge is 0.261 e. The Morgan fingerprint density at radius 1 is 1.35 bits per heavy atom. The molecule has 2 N–H and O–H groups in total. The van der Waals surface area contributed by atoms with E-state index in [1.54, 1.807) is 0 Å². The van der Waals surface area contributed by atoms with Gasteiger partial charge in [0.2, 0.25) is 0 Å². The molecule has 0 saturated carbocycles. The minimum atomic E-state index is -3.80. The van der Waals surface area contributed by atoms with Gasteiger partial charge in [0.1, 0.15) is 11.0 Å². The van der Waals surface area contributed by atoms with E-state index in [1.165, 1.54) is 43.8 Å². The third-order valence-corrected chi connectivity index (χ3v) is 4.41. The normalized spacial score (nSPS) is 12.9. The van der Waals surface area contributed by atoms with E-state index in [0.717, 1.165) is 0 Å². The third kappa shape index (κ3) is 2.75. The summed E-state index contributed by atoms with van der Waals surface area (Å²) in [7, 11) is -2.34. The molecule has 0 bridgehead atoms. The van der Waals surface area contributed by atoms with Crippen molar-refractivity contribution in [3.05, 3.63) is 24.3 Å². The molecular formula is C10H13NO5S. The highest BCUT2D eigenvalue weighted by Crippen LogP contribution is 2.19. The Morgan fingerprint density at radius 3 is 2.29 bits per heavy atom. The summed E-state index contributed by atoms with van der Waals surface area (Å²) in [6.07, 6.45) is 0. The predicted molar refractivity (Wildman–Crippen MR) is 59.6 cm³/mol. The van der Waals surface area contributed by atoms with Crippen LogP contribution in [0.2, 0.25) is 0 Å². The molecule has 1 atom stereocenters. The van der Waals surface area contributed by atoms with Gasteiger partial charge in [0.05, 0.1) is 12.0 Å². The van der Waals surface area contributed by atoms with Crippen LogP contribution in [0.4, 0.5) is 0 Å². The fourth-order valence-electron chi connectivity index (χ4n) is 1.20. The van der Waals surface area contributed by atoms with Crippen molar-refractivity contribution in [1.29, 1.82) is 0 Å². The molecule has 1 unspecified atom stereocenters. The first-order chi connectivity index (χ1) is 7.93. The van der Waals surface area contributed by atoms with Gasteiger partial charge < -0.3 is 4.74 Å². The number of ether oxygens (including phenoxy) is 1. The molecule has 7 heteroatoms. The van der Waals surface area contributed by atoms with Crippen LogP contribution in [-0.2, 0) is 14.6 Å². The van der Waals surface area contributed by atoms with E-state index in [2.05, 4.69) is 0 Å². The van der Waals surface area contributed by atoms with Crippen LogP contribution in [0.15, 0.2) is 29.2 Å². The Bertz CT molecular complexity index is 494. The van der Waals surface area contributed by atoms with Gasteiger partial charge in [-0.15, -0.1) is 0 Å². The molecule has 0 fully saturated rings. The molecule has 17 heavy (non-hydrogen) atoms. The summed E-state index contributed by atoms with van der Waals surface area (Å²) in [5.41, 5.74) is 1.32. The molecule has 0 aliphatic rings. The van der Waals surface area contributed by atoms with E-state index in [9.17, 15) is 13.2 Å². The Kier molecular flexibility index (Phi) is 4.08. The zero-order valence-electron chi connectivity index (χ0n) is 9.38. The summed E-state index contributed by atoms with van der Waals surface area (Å²) in [6.45, 7) is 1.20. The highest BCUT2D eigenvalue weighted by atomic mass is 32.2. The van der Waals surface area contributed by atoms with Crippen molar-refractivity contribution in [2.75, 3.05) is 7.11 Å². The first-order valence-corrected chi connectivity index (χ1v) is 6.30. The number of amides is 1. The van der Waals surface area contributed by atoms with Crippen molar-refractivity contribution in [2.45, 2.75) is 17.1 Å². The molecule has 0 aliphatic carbocycles. The van der Waals surface area contributed by atoms with E-state index in [1.807, 2.05) is 0 Å². The molecule has 0 aromatic heterocycles. The molecule has 1 aromatic carbocycles. The molecule has 0 saturated heterocycles. The monoisotopic (exact) mass is 259 g/mol. The lowest BCUT2D eigenvalue weighted by Crippen LogP contribution is -2.36. The topological polar surface area (TPSA) is 92.7 Å². The van der Waals surface area contributed by atoms with Gasteiger partial charge in [-0.05, 0) is 31.2 Å². The second-order valence-corrected chi connectivity index (χ2v) is 5.61. The Balaban J connectivity index is 3.08. The first kappa shape index (κ1) is 13.5. The van der Waals surface area contributed by atoms with Crippen LogP contribution in [0.5, 0.6) is 5.75 Å². The van der Waals surface area contributed by atoms with Crippen LogP contribution < -0.4 is 10.2 Å². The van der Waals surface area contributed by atoms with Crippen LogP contribution in [0.3, 0.4) is 0 Å². The number of carbonyl (C=O) groups excluding carboxylic acids is 1. The Labute approximate surface area is 99.1 Å². The average molecular weight is 259 g/mol. The van der Waals surface area contributed by atoms with Crippen LogP contribution in [0.1, 0.15) is 6.92 Å². The average Bonchev–Trinajstić information content (AvgIpc) is 2.36. The van der Waals surface area contributed by atoms with E-state index in [4.69, 9.17) is 9.94 Å². The molecule has 94 valence electrons. The zero-order valence-corrected chi connectivity index (χ0v) is 10.2. The molecule has 6 nitrogen and oxygen atoms in total. The maximum absolute atomic E-state index is 11.9. The Hall–Kier alpha value is -1.60. The number of nitrogens with one attached hydrogen (secondary N) is 1. The number of hydroxylamine groups is 1.